The van der Waals surface area contributed by atoms with Crippen LogP contribution in [0.1, 0.15) is 30.1 Å². The summed E-state index contributed by atoms with van der Waals surface area (Å²) >= 11 is 0. The normalized spacial score (nSPS) is 18.3. The standard InChI is InChI=1S/C16H24N2O3/c1-3-18(11-12-5-4-8-17-10-12)16(20)14-7-6-13(21-2)9-15(14)19/h6-7,9,12,17,19H,3-5,8,10-11H2,1-2H3. The number of rotatable bonds is 5. The Bertz CT molecular complexity index is 484. The number of ether oxygens (including phenoxy) is 1. The fraction of sp³-hybridized carbons (Fsp3) is 0.562. The molecule has 1 unspecified atom stereocenters. The maximum atomic E-state index is 12.6. The Kier molecular flexibility index (Phi) is 5.44. The highest BCUT2D eigenvalue weighted by Crippen LogP contribution is 2.25. The van der Waals surface area contributed by atoms with Crippen molar-refractivity contribution in [3.8, 4) is 11.5 Å². The second-order valence-corrected chi connectivity index (χ2v) is 5.44. The van der Waals surface area contributed by atoms with Crippen molar-refractivity contribution < 1.29 is 14.6 Å². The van der Waals surface area contributed by atoms with Crippen molar-refractivity contribution in [3.63, 3.8) is 0 Å². The van der Waals surface area contributed by atoms with E-state index in [1.165, 1.54) is 13.2 Å². The van der Waals surface area contributed by atoms with Gasteiger partial charge >= 0.3 is 0 Å². The summed E-state index contributed by atoms with van der Waals surface area (Å²) in [6.45, 7) is 5.36. The highest BCUT2D eigenvalue weighted by atomic mass is 16.5. The number of amides is 1. The number of benzene rings is 1. The zero-order valence-electron chi connectivity index (χ0n) is 12.8. The third-order valence-electron chi connectivity index (χ3n) is 3.98. The molecule has 5 heteroatoms. The lowest BCUT2D eigenvalue weighted by Gasteiger charge is -2.29. The van der Waals surface area contributed by atoms with Gasteiger partial charge in [0.1, 0.15) is 11.5 Å². The van der Waals surface area contributed by atoms with Gasteiger partial charge in [-0.1, -0.05) is 0 Å². The van der Waals surface area contributed by atoms with Crippen molar-refractivity contribution >= 4 is 5.91 Å². The van der Waals surface area contributed by atoms with Crippen LogP contribution in [0, 0.1) is 5.92 Å². The smallest absolute Gasteiger partial charge is 0.257 e. The van der Waals surface area contributed by atoms with Crippen LogP contribution in [0.4, 0.5) is 0 Å². The summed E-state index contributed by atoms with van der Waals surface area (Å²) in [7, 11) is 1.53. The number of piperidine rings is 1. The molecule has 2 rings (SSSR count). The number of nitrogens with one attached hydrogen (secondary N) is 1. The van der Waals surface area contributed by atoms with Crippen LogP contribution >= 0.6 is 0 Å². The lowest BCUT2D eigenvalue weighted by molar-refractivity contribution is 0.0726. The molecule has 0 aliphatic carbocycles. The summed E-state index contributed by atoms with van der Waals surface area (Å²) in [5.74, 6) is 0.884. The SMILES string of the molecule is CCN(CC1CCCNC1)C(=O)c1ccc(OC)cc1O. The van der Waals surface area contributed by atoms with Crippen molar-refractivity contribution in [1.29, 1.82) is 0 Å². The fourth-order valence-corrected chi connectivity index (χ4v) is 2.74. The summed E-state index contributed by atoms with van der Waals surface area (Å²) in [6.07, 6.45) is 2.30. The lowest BCUT2D eigenvalue weighted by atomic mass is 9.98. The van der Waals surface area contributed by atoms with Crippen molar-refractivity contribution in [2.75, 3.05) is 33.3 Å². The van der Waals surface area contributed by atoms with Crippen LogP contribution in [-0.4, -0.2) is 49.2 Å². The molecule has 0 radical (unpaired) electrons. The van der Waals surface area contributed by atoms with Gasteiger partial charge < -0.3 is 20.1 Å². The first kappa shape index (κ1) is 15.6. The summed E-state index contributed by atoms with van der Waals surface area (Å²) < 4.78 is 5.04. The van der Waals surface area contributed by atoms with Gasteiger partial charge in [0.25, 0.3) is 5.91 Å². The Morgan fingerprint density at radius 1 is 1.52 bits per heavy atom. The summed E-state index contributed by atoms with van der Waals surface area (Å²) in [4.78, 5) is 14.4. The van der Waals surface area contributed by atoms with Gasteiger partial charge in [0.15, 0.2) is 0 Å². The highest BCUT2D eigenvalue weighted by molar-refractivity contribution is 5.97. The number of hydrogen-bond acceptors (Lipinski definition) is 4. The summed E-state index contributed by atoms with van der Waals surface area (Å²) in [5.41, 5.74) is 0.335. The minimum absolute atomic E-state index is 0.0282. The van der Waals surface area contributed by atoms with Crippen LogP contribution in [0.3, 0.4) is 0 Å². The second kappa shape index (κ2) is 7.31. The van der Waals surface area contributed by atoms with Crippen molar-refractivity contribution in [2.45, 2.75) is 19.8 Å². The van der Waals surface area contributed by atoms with Gasteiger partial charge in [-0.15, -0.1) is 0 Å². The Labute approximate surface area is 125 Å². The van der Waals surface area contributed by atoms with Crippen molar-refractivity contribution in [2.24, 2.45) is 5.92 Å². The van der Waals surface area contributed by atoms with E-state index in [0.29, 0.717) is 23.8 Å². The molecule has 1 saturated heterocycles. The molecule has 0 bridgehead atoms. The number of phenolic OH excluding ortho intramolecular Hbond substituents is 1. The molecule has 1 atom stereocenters. The first-order valence-corrected chi connectivity index (χ1v) is 7.52. The fourth-order valence-electron chi connectivity index (χ4n) is 2.74. The predicted octanol–water partition coefficient (Wildman–Crippen LogP) is 1.86. The van der Waals surface area contributed by atoms with E-state index in [4.69, 9.17) is 4.74 Å². The van der Waals surface area contributed by atoms with Crippen LogP contribution in [0.25, 0.3) is 0 Å². The first-order chi connectivity index (χ1) is 10.2. The van der Waals surface area contributed by atoms with Crippen molar-refractivity contribution in [3.05, 3.63) is 23.8 Å². The minimum Gasteiger partial charge on any atom is -0.507 e. The quantitative estimate of drug-likeness (QED) is 0.869. The minimum atomic E-state index is -0.122. The molecule has 21 heavy (non-hydrogen) atoms. The van der Waals surface area contributed by atoms with Gasteiger partial charge in [-0.05, 0) is 50.9 Å². The average Bonchev–Trinajstić information content (AvgIpc) is 2.52. The molecule has 2 N–H and O–H groups in total. The first-order valence-electron chi connectivity index (χ1n) is 7.52. The molecule has 1 aromatic carbocycles. The molecule has 1 aliphatic rings. The van der Waals surface area contributed by atoms with Gasteiger partial charge in [0.2, 0.25) is 0 Å². The zero-order chi connectivity index (χ0) is 15.2. The Hall–Kier alpha value is -1.75. The van der Waals surface area contributed by atoms with Gasteiger partial charge in [0.05, 0.1) is 12.7 Å². The van der Waals surface area contributed by atoms with E-state index in [1.807, 2.05) is 6.92 Å². The van der Waals surface area contributed by atoms with E-state index in [1.54, 1.807) is 17.0 Å². The summed E-state index contributed by atoms with van der Waals surface area (Å²) in [6, 6.07) is 4.80. The number of carbonyl (C=O) groups is 1. The third-order valence-corrected chi connectivity index (χ3v) is 3.98. The molecule has 0 saturated carbocycles. The number of phenols is 1. The van der Waals surface area contributed by atoms with Gasteiger partial charge in [-0.25, -0.2) is 0 Å². The number of aromatic hydroxyl groups is 1. The topological polar surface area (TPSA) is 61.8 Å². The molecule has 1 aliphatic heterocycles. The third kappa shape index (κ3) is 3.88. The molecule has 1 fully saturated rings. The van der Waals surface area contributed by atoms with E-state index in [-0.39, 0.29) is 11.7 Å². The number of methoxy groups -OCH3 is 1. The Balaban J connectivity index is 2.08. The van der Waals surface area contributed by atoms with Crippen LogP contribution in [0.15, 0.2) is 18.2 Å². The van der Waals surface area contributed by atoms with E-state index >= 15 is 0 Å². The van der Waals surface area contributed by atoms with E-state index in [0.717, 1.165) is 32.5 Å². The maximum Gasteiger partial charge on any atom is 0.257 e. The van der Waals surface area contributed by atoms with Crippen LogP contribution < -0.4 is 10.1 Å². The molecule has 0 spiro atoms. The van der Waals surface area contributed by atoms with Crippen LogP contribution in [-0.2, 0) is 0 Å². The van der Waals surface area contributed by atoms with Crippen LogP contribution in [0.2, 0.25) is 0 Å². The van der Waals surface area contributed by atoms with Gasteiger partial charge in [-0.3, -0.25) is 4.79 Å². The zero-order valence-corrected chi connectivity index (χ0v) is 12.8. The Morgan fingerprint density at radius 2 is 2.33 bits per heavy atom. The van der Waals surface area contributed by atoms with E-state index in [2.05, 4.69) is 5.32 Å². The molecule has 1 aromatic rings. The van der Waals surface area contributed by atoms with E-state index < -0.39 is 0 Å². The molecule has 5 nitrogen and oxygen atoms in total. The van der Waals surface area contributed by atoms with Crippen molar-refractivity contribution in [1.82, 2.24) is 10.2 Å². The summed E-state index contributed by atoms with van der Waals surface area (Å²) in [5, 5.41) is 13.4. The molecule has 0 aromatic heterocycles. The number of carbonyl (C=O) groups excluding carboxylic acids is 1. The largest absolute Gasteiger partial charge is 0.507 e. The average molecular weight is 292 g/mol. The Morgan fingerprint density at radius 3 is 2.90 bits per heavy atom. The predicted molar refractivity (Wildman–Crippen MR) is 81.8 cm³/mol. The maximum absolute atomic E-state index is 12.6. The molecule has 1 amide bonds. The van der Waals surface area contributed by atoms with Crippen LogP contribution in [0.5, 0.6) is 11.5 Å². The molecule has 1 heterocycles. The van der Waals surface area contributed by atoms with Gasteiger partial charge in [-0.2, -0.15) is 0 Å². The molecular formula is C16H24N2O3. The molecular weight excluding hydrogens is 268 g/mol. The monoisotopic (exact) mass is 292 g/mol. The molecule has 116 valence electrons. The second-order valence-electron chi connectivity index (χ2n) is 5.44. The number of nitrogens with zero attached hydrogens (tertiary/aromatic N) is 1. The highest BCUT2D eigenvalue weighted by Gasteiger charge is 2.22. The lowest BCUT2D eigenvalue weighted by Crippen LogP contribution is -2.41. The number of hydrogen-bond donors (Lipinski definition) is 2. The van der Waals surface area contributed by atoms with E-state index in [9.17, 15) is 9.90 Å². The van der Waals surface area contributed by atoms with Gasteiger partial charge in [0, 0.05) is 19.2 Å².